The van der Waals surface area contributed by atoms with Crippen molar-refractivity contribution in [1.29, 1.82) is 0 Å². The maximum Gasteiger partial charge on any atom is 0.239 e. The monoisotopic (exact) mass is 418 g/mol. The van der Waals surface area contributed by atoms with Gasteiger partial charge in [0.1, 0.15) is 0 Å². The van der Waals surface area contributed by atoms with Crippen molar-refractivity contribution in [2.45, 2.75) is 24.1 Å². The first-order chi connectivity index (χ1) is 14.6. The van der Waals surface area contributed by atoms with Crippen LogP contribution in [0.2, 0.25) is 0 Å². The Bertz CT molecular complexity index is 1130. The van der Waals surface area contributed by atoms with Crippen LogP contribution in [0.3, 0.4) is 0 Å². The molecule has 0 saturated carbocycles. The Kier molecular flexibility index (Phi) is 4.88. The van der Waals surface area contributed by atoms with E-state index in [1.54, 1.807) is 4.31 Å². The lowest BCUT2D eigenvalue weighted by atomic mass is 9.82. The van der Waals surface area contributed by atoms with Crippen LogP contribution in [0.15, 0.2) is 84.9 Å². The van der Waals surface area contributed by atoms with E-state index < -0.39 is 10.0 Å². The lowest BCUT2D eigenvalue weighted by Gasteiger charge is -2.26. The zero-order chi connectivity index (χ0) is 20.6. The highest BCUT2D eigenvalue weighted by molar-refractivity contribution is 7.92. The Labute approximate surface area is 178 Å². The minimum absolute atomic E-state index is 0.0337. The predicted octanol–water partition coefficient (Wildman–Crippen LogP) is 4.18. The second kappa shape index (κ2) is 7.56. The van der Waals surface area contributed by atoms with Gasteiger partial charge in [0.15, 0.2) is 0 Å². The molecule has 5 rings (SSSR count). The fraction of sp³-hybridized carbons (Fsp3) is 0.280. The van der Waals surface area contributed by atoms with Gasteiger partial charge >= 0.3 is 0 Å². The molecule has 4 nitrogen and oxygen atoms in total. The minimum atomic E-state index is -3.45. The van der Waals surface area contributed by atoms with Gasteiger partial charge in [-0.3, -0.25) is 9.21 Å². The van der Waals surface area contributed by atoms with E-state index in [2.05, 4.69) is 35.2 Å². The van der Waals surface area contributed by atoms with Gasteiger partial charge in [0.2, 0.25) is 10.0 Å². The summed E-state index contributed by atoms with van der Waals surface area (Å²) in [6.07, 6.45) is 0.980. The number of hydrogen-bond donors (Lipinski definition) is 0. The molecule has 2 heterocycles. The molecule has 2 aliphatic heterocycles. The summed E-state index contributed by atoms with van der Waals surface area (Å²) in [4.78, 5) is 2.46. The van der Waals surface area contributed by atoms with Crippen LogP contribution in [-0.4, -0.2) is 33.0 Å². The lowest BCUT2D eigenvalue weighted by molar-refractivity contribution is 0.308. The molecule has 0 radical (unpaired) electrons. The fourth-order valence-corrected chi connectivity index (χ4v) is 6.65. The average molecular weight is 419 g/mol. The normalized spacial score (nSPS) is 21.3. The smallest absolute Gasteiger partial charge is 0.239 e. The molecular weight excluding hydrogens is 392 g/mol. The highest BCUT2D eigenvalue weighted by atomic mass is 32.2. The van der Waals surface area contributed by atoms with E-state index in [0.717, 1.165) is 37.3 Å². The van der Waals surface area contributed by atoms with E-state index in [4.69, 9.17) is 0 Å². The second-order valence-electron chi connectivity index (χ2n) is 8.49. The van der Waals surface area contributed by atoms with E-state index >= 15 is 0 Å². The molecule has 30 heavy (non-hydrogen) atoms. The molecule has 3 aromatic rings. The first kappa shape index (κ1) is 19.3. The number of rotatable bonds is 5. The number of hydrogen-bond acceptors (Lipinski definition) is 3. The maximum atomic E-state index is 13.4. The Morgan fingerprint density at radius 1 is 0.767 bits per heavy atom. The zero-order valence-electron chi connectivity index (χ0n) is 16.9. The van der Waals surface area contributed by atoms with Gasteiger partial charge in [0.05, 0.1) is 11.4 Å². The summed E-state index contributed by atoms with van der Waals surface area (Å²) in [5.41, 5.74) is 4.03. The molecule has 1 unspecified atom stereocenters. The highest BCUT2D eigenvalue weighted by Gasteiger charge is 2.49. The molecule has 1 saturated heterocycles. The van der Waals surface area contributed by atoms with Crippen molar-refractivity contribution in [3.05, 3.63) is 102 Å². The molecule has 1 atom stereocenters. The molecular formula is C25H26N2O2S. The zero-order valence-corrected chi connectivity index (χ0v) is 17.8. The number of likely N-dealkylation sites (tertiary alicyclic amines) is 1. The SMILES string of the molecule is O=S(=O)(Cc1ccccc1)N1CC2(CCN(Cc3ccccc3)C2)c2ccccc21. The molecule has 1 spiro atoms. The molecule has 0 N–H and O–H groups in total. The standard InChI is InChI=1S/C25H26N2O2S/c28-30(29,18-22-11-5-2-6-12-22)27-20-25(23-13-7-8-14-24(23)27)15-16-26(19-25)17-21-9-3-1-4-10-21/h1-14H,15-20H2. The summed E-state index contributed by atoms with van der Waals surface area (Å²) in [7, 11) is -3.45. The molecule has 154 valence electrons. The van der Waals surface area contributed by atoms with E-state index in [1.165, 1.54) is 11.1 Å². The van der Waals surface area contributed by atoms with Crippen molar-refractivity contribution in [3.8, 4) is 0 Å². The minimum Gasteiger partial charge on any atom is -0.298 e. The molecule has 1 fully saturated rings. The maximum absolute atomic E-state index is 13.4. The Morgan fingerprint density at radius 3 is 2.13 bits per heavy atom. The van der Waals surface area contributed by atoms with Crippen LogP contribution in [0.4, 0.5) is 5.69 Å². The van der Waals surface area contributed by atoms with Crippen LogP contribution in [0.25, 0.3) is 0 Å². The van der Waals surface area contributed by atoms with E-state index in [0.29, 0.717) is 6.54 Å². The Morgan fingerprint density at radius 2 is 1.40 bits per heavy atom. The van der Waals surface area contributed by atoms with Crippen molar-refractivity contribution in [1.82, 2.24) is 4.90 Å². The number of sulfonamides is 1. The second-order valence-corrected chi connectivity index (χ2v) is 10.4. The summed E-state index contributed by atoms with van der Waals surface area (Å²) in [6.45, 7) is 3.31. The summed E-state index contributed by atoms with van der Waals surface area (Å²) in [5, 5.41) is 0. The molecule has 0 amide bonds. The first-order valence-corrected chi connectivity index (χ1v) is 12.1. The van der Waals surface area contributed by atoms with Crippen LogP contribution in [0.1, 0.15) is 23.1 Å². The van der Waals surface area contributed by atoms with Gasteiger partial charge < -0.3 is 0 Å². The molecule has 0 aromatic heterocycles. The average Bonchev–Trinajstić information content (AvgIpc) is 3.32. The van der Waals surface area contributed by atoms with E-state index in [1.807, 2.05) is 54.6 Å². The number of benzene rings is 3. The van der Waals surface area contributed by atoms with Crippen molar-refractivity contribution in [3.63, 3.8) is 0 Å². The molecule has 0 bridgehead atoms. The van der Waals surface area contributed by atoms with Crippen LogP contribution in [0.5, 0.6) is 0 Å². The molecule has 2 aliphatic rings. The third-order valence-electron chi connectivity index (χ3n) is 6.40. The van der Waals surface area contributed by atoms with Gasteiger partial charge in [0, 0.05) is 25.0 Å². The quantitative estimate of drug-likeness (QED) is 0.624. The lowest BCUT2D eigenvalue weighted by Crippen LogP contribution is -2.39. The van der Waals surface area contributed by atoms with Crippen LogP contribution < -0.4 is 4.31 Å². The number of fused-ring (bicyclic) bond motifs is 2. The summed E-state index contributed by atoms with van der Waals surface area (Å²) >= 11 is 0. The summed E-state index contributed by atoms with van der Waals surface area (Å²) < 4.78 is 28.4. The van der Waals surface area contributed by atoms with Gasteiger partial charge in [0.25, 0.3) is 0 Å². The highest BCUT2D eigenvalue weighted by Crippen LogP contribution is 2.47. The summed E-state index contributed by atoms with van der Waals surface area (Å²) in [6, 6.07) is 28.0. The third-order valence-corrected chi connectivity index (χ3v) is 8.10. The van der Waals surface area contributed by atoms with Gasteiger partial charge in [-0.25, -0.2) is 8.42 Å². The van der Waals surface area contributed by atoms with Gasteiger partial charge in [-0.05, 0) is 35.7 Å². The first-order valence-electron chi connectivity index (χ1n) is 10.5. The van der Waals surface area contributed by atoms with E-state index in [9.17, 15) is 8.42 Å². The third kappa shape index (κ3) is 3.53. The van der Waals surface area contributed by atoms with Crippen molar-refractivity contribution in [2.75, 3.05) is 23.9 Å². The summed E-state index contributed by atoms with van der Waals surface area (Å²) in [5.74, 6) is 0.0337. The van der Waals surface area contributed by atoms with Crippen molar-refractivity contribution in [2.24, 2.45) is 0 Å². The topological polar surface area (TPSA) is 40.6 Å². The van der Waals surface area contributed by atoms with Gasteiger partial charge in [-0.1, -0.05) is 78.9 Å². The molecule has 5 heteroatoms. The molecule has 0 aliphatic carbocycles. The fourth-order valence-electron chi connectivity index (χ4n) is 4.98. The van der Waals surface area contributed by atoms with Crippen molar-refractivity contribution < 1.29 is 8.42 Å². The number of para-hydroxylation sites is 1. The van der Waals surface area contributed by atoms with Crippen LogP contribution in [0, 0.1) is 0 Å². The largest absolute Gasteiger partial charge is 0.298 e. The Balaban J connectivity index is 1.42. The van der Waals surface area contributed by atoms with Gasteiger partial charge in [-0.2, -0.15) is 0 Å². The number of nitrogens with zero attached hydrogens (tertiary/aromatic N) is 2. The van der Waals surface area contributed by atoms with Crippen molar-refractivity contribution >= 4 is 15.7 Å². The number of anilines is 1. The predicted molar refractivity (Wildman–Crippen MR) is 121 cm³/mol. The van der Waals surface area contributed by atoms with E-state index in [-0.39, 0.29) is 11.2 Å². The van der Waals surface area contributed by atoms with Gasteiger partial charge in [-0.15, -0.1) is 0 Å². The van der Waals surface area contributed by atoms with Crippen LogP contribution >= 0.6 is 0 Å². The van der Waals surface area contributed by atoms with Crippen LogP contribution in [-0.2, 0) is 27.7 Å². The molecule has 3 aromatic carbocycles. The Hall–Kier alpha value is -2.63.